The molecule has 2 amide bonds. The van der Waals surface area contributed by atoms with Gasteiger partial charge in [-0.1, -0.05) is 11.6 Å². The molecule has 11 heteroatoms. The van der Waals surface area contributed by atoms with Crippen molar-refractivity contribution in [3.8, 4) is 0 Å². The second kappa shape index (κ2) is 8.46. The summed E-state index contributed by atoms with van der Waals surface area (Å²) >= 11 is 5.82. The Bertz CT molecular complexity index is 871. The smallest absolute Gasteiger partial charge is 0.376 e. The molecule has 2 heterocycles. The van der Waals surface area contributed by atoms with Crippen molar-refractivity contribution in [3.63, 3.8) is 0 Å². The van der Waals surface area contributed by atoms with Gasteiger partial charge in [-0.3, -0.25) is 14.5 Å². The zero-order chi connectivity index (χ0) is 23.1. The number of carbonyl (C=O) groups excluding carboxylic acids is 2. The molecule has 1 aromatic carbocycles. The van der Waals surface area contributed by atoms with E-state index in [9.17, 15) is 27.2 Å². The Morgan fingerprint density at radius 3 is 2.34 bits per heavy atom. The maximum absolute atomic E-state index is 13.4. The van der Waals surface area contributed by atoms with Crippen molar-refractivity contribution in [2.75, 3.05) is 38.2 Å². The molecule has 1 spiro atoms. The summed E-state index contributed by atoms with van der Waals surface area (Å²) in [6.07, 6.45) is -1.67. The highest BCUT2D eigenvalue weighted by Gasteiger charge is 2.61. The van der Waals surface area contributed by atoms with Crippen LogP contribution in [0.3, 0.4) is 0 Å². The number of ether oxygens (including phenoxy) is 1. The Morgan fingerprint density at radius 1 is 1.16 bits per heavy atom. The van der Waals surface area contributed by atoms with Crippen LogP contribution in [0.5, 0.6) is 0 Å². The van der Waals surface area contributed by atoms with Gasteiger partial charge in [0.25, 0.3) is 0 Å². The normalized spacial score (nSPS) is 22.7. The third kappa shape index (κ3) is 4.72. The third-order valence-corrected chi connectivity index (χ3v) is 6.87. The zero-order valence-corrected chi connectivity index (χ0v) is 18.0. The molecule has 176 valence electrons. The van der Waals surface area contributed by atoms with Gasteiger partial charge in [-0.15, -0.1) is 0 Å². The Kier molecular flexibility index (Phi) is 6.15. The highest BCUT2D eigenvalue weighted by molar-refractivity contribution is 6.30. The number of carbonyl (C=O) groups is 2. The van der Waals surface area contributed by atoms with E-state index in [4.69, 9.17) is 11.6 Å². The van der Waals surface area contributed by atoms with Gasteiger partial charge < -0.3 is 15.4 Å². The van der Waals surface area contributed by atoms with Crippen molar-refractivity contribution in [3.05, 3.63) is 29.0 Å². The van der Waals surface area contributed by atoms with Crippen molar-refractivity contribution in [2.24, 2.45) is 11.3 Å². The first-order valence-electron chi connectivity index (χ1n) is 10.4. The van der Waals surface area contributed by atoms with Gasteiger partial charge in [0.15, 0.2) is 5.54 Å². The molecule has 1 aliphatic carbocycles. The van der Waals surface area contributed by atoms with Crippen molar-refractivity contribution in [1.29, 1.82) is 0 Å². The molecule has 1 aromatic rings. The summed E-state index contributed by atoms with van der Waals surface area (Å²) < 4.78 is 57.6. The Hall–Kier alpha value is -1.91. The van der Waals surface area contributed by atoms with Gasteiger partial charge >= 0.3 is 6.18 Å². The number of alkyl halides is 3. The first-order valence-corrected chi connectivity index (χ1v) is 10.8. The second-order valence-electron chi connectivity index (χ2n) is 9.19. The maximum Gasteiger partial charge on any atom is 0.416 e. The van der Waals surface area contributed by atoms with E-state index in [0.717, 1.165) is 18.9 Å². The fourth-order valence-corrected chi connectivity index (χ4v) is 5.04. The van der Waals surface area contributed by atoms with Crippen LogP contribution in [0, 0.1) is 17.2 Å². The van der Waals surface area contributed by atoms with E-state index in [0.29, 0.717) is 31.6 Å². The van der Waals surface area contributed by atoms with Gasteiger partial charge in [-0.05, 0) is 49.3 Å². The number of anilines is 1. The van der Waals surface area contributed by atoms with Crippen molar-refractivity contribution < 1.29 is 31.9 Å². The summed E-state index contributed by atoms with van der Waals surface area (Å²) in [5, 5.41) is 5.00. The molecule has 0 radical (unpaired) electrons. The predicted octanol–water partition coefficient (Wildman–Crippen LogP) is 3.36. The van der Waals surface area contributed by atoms with Crippen molar-refractivity contribution >= 4 is 29.1 Å². The molecule has 3 fully saturated rings. The molecular weight excluding hydrogens is 454 g/mol. The van der Waals surface area contributed by atoms with Crippen LogP contribution in [-0.4, -0.2) is 61.3 Å². The number of halogens is 5. The van der Waals surface area contributed by atoms with Gasteiger partial charge in [-0.2, -0.15) is 13.2 Å². The lowest BCUT2D eigenvalue weighted by atomic mass is 9.65. The fourth-order valence-electron chi connectivity index (χ4n) is 4.82. The Balaban J connectivity index is 1.22. The fraction of sp³-hybridized carbons (Fsp3) is 0.619. The van der Waals surface area contributed by atoms with E-state index in [1.54, 1.807) is 0 Å². The highest BCUT2D eigenvalue weighted by Crippen LogP contribution is 2.46. The number of nitrogens with zero attached hydrogens (tertiary/aromatic N) is 1. The molecule has 0 bridgehead atoms. The molecule has 0 unspecified atom stereocenters. The SMILES string of the molecule is O=C(CN1CC2(CCC(C(=O)Nc3cc(F)cc(Cl)c3)CC2)C1)NC1(C(F)(F)F)COC1. The van der Waals surface area contributed by atoms with Gasteiger partial charge in [0, 0.05) is 29.7 Å². The number of hydrogen-bond acceptors (Lipinski definition) is 4. The van der Waals surface area contributed by atoms with E-state index < -0.39 is 36.7 Å². The van der Waals surface area contributed by atoms with Crippen molar-refractivity contribution in [2.45, 2.75) is 37.4 Å². The number of rotatable bonds is 5. The summed E-state index contributed by atoms with van der Waals surface area (Å²) in [6, 6.07) is 3.86. The Labute approximate surface area is 187 Å². The Morgan fingerprint density at radius 2 is 1.81 bits per heavy atom. The molecule has 32 heavy (non-hydrogen) atoms. The van der Waals surface area contributed by atoms with E-state index in [1.165, 1.54) is 12.1 Å². The summed E-state index contributed by atoms with van der Waals surface area (Å²) in [5.41, 5.74) is -1.97. The number of hydrogen-bond donors (Lipinski definition) is 2. The molecule has 2 aliphatic heterocycles. The minimum Gasteiger partial charge on any atom is -0.376 e. The third-order valence-electron chi connectivity index (χ3n) is 6.65. The second-order valence-corrected chi connectivity index (χ2v) is 9.62. The minimum atomic E-state index is -4.55. The molecule has 3 aliphatic rings. The van der Waals surface area contributed by atoms with Crippen LogP contribution in [0.25, 0.3) is 0 Å². The summed E-state index contributed by atoms with van der Waals surface area (Å²) in [6.45, 7) is 0.0201. The lowest BCUT2D eigenvalue weighted by Crippen LogP contribution is -2.71. The largest absolute Gasteiger partial charge is 0.416 e. The van der Waals surface area contributed by atoms with Crippen LogP contribution in [0.2, 0.25) is 5.02 Å². The van der Waals surface area contributed by atoms with Crippen LogP contribution in [0.1, 0.15) is 25.7 Å². The summed E-state index contributed by atoms with van der Waals surface area (Å²) in [5.74, 6) is -1.58. The lowest BCUT2D eigenvalue weighted by Gasteiger charge is -2.53. The van der Waals surface area contributed by atoms with Gasteiger partial charge in [0.1, 0.15) is 5.82 Å². The number of nitrogens with one attached hydrogen (secondary N) is 2. The van der Waals surface area contributed by atoms with E-state index in [-0.39, 0.29) is 28.8 Å². The highest BCUT2D eigenvalue weighted by atomic mass is 35.5. The standard InChI is InChI=1S/C21H24ClF4N3O3/c22-14-5-15(23)7-16(6-14)27-18(31)13-1-3-19(4-2-13)9-29(10-19)8-17(30)28-20(11-32-12-20)21(24,25)26/h5-7,13H,1-4,8-12H2,(H,27,31)(H,28,30). The molecule has 2 N–H and O–H groups in total. The van der Waals surface area contributed by atoms with E-state index in [1.807, 2.05) is 4.90 Å². The predicted molar refractivity (Wildman–Crippen MR) is 109 cm³/mol. The zero-order valence-electron chi connectivity index (χ0n) is 17.2. The topological polar surface area (TPSA) is 70.7 Å². The molecule has 0 aromatic heterocycles. The average molecular weight is 478 g/mol. The molecule has 4 rings (SSSR count). The van der Waals surface area contributed by atoms with Crippen LogP contribution in [-0.2, 0) is 14.3 Å². The lowest BCUT2D eigenvalue weighted by molar-refractivity contribution is -0.266. The van der Waals surface area contributed by atoms with Crippen LogP contribution < -0.4 is 10.6 Å². The van der Waals surface area contributed by atoms with Gasteiger partial charge in [-0.25, -0.2) is 4.39 Å². The molecule has 0 atom stereocenters. The number of likely N-dealkylation sites (tertiary alicyclic amines) is 1. The molecule has 6 nitrogen and oxygen atoms in total. The summed E-state index contributed by atoms with van der Waals surface area (Å²) in [4.78, 5) is 26.5. The van der Waals surface area contributed by atoms with Crippen molar-refractivity contribution in [1.82, 2.24) is 10.2 Å². The first-order chi connectivity index (χ1) is 15.0. The summed E-state index contributed by atoms with van der Waals surface area (Å²) in [7, 11) is 0. The van der Waals surface area contributed by atoms with Gasteiger partial charge in [0.2, 0.25) is 11.8 Å². The minimum absolute atomic E-state index is 0.0134. The molecular formula is C21H24ClF4N3O3. The van der Waals surface area contributed by atoms with Crippen LogP contribution in [0.15, 0.2) is 18.2 Å². The number of benzene rings is 1. The first kappa shape index (κ1) is 23.3. The molecule has 1 saturated carbocycles. The quantitative estimate of drug-likeness (QED) is 0.638. The van der Waals surface area contributed by atoms with E-state index in [2.05, 4.69) is 15.4 Å². The monoisotopic (exact) mass is 477 g/mol. The maximum atomic E-state index is 13.4. The van der Waals surface area contributed by atoms with Crippen LogP contribution >= 0.6 is 11.6 Å². The molecule has 2 saturated heterocycles. The van der Waals surface area contributed by atoms with E-state index >= 15 is 0 Å². The van der Waals surface area contributed by atoms with Gasteiger partial charge in [0.05, 0.1) is 19.8 Å². The van der Waals surface area contributed by atoms with Crippen LogP contribution in [0.4, 0.5) is 23.2 Å². The number of amides is 2. The average Bonchev–Trinajstić information content (AvgIpc) is 2.62.